The highest BCUT2D eigenvalue weighted by Crippen LogP contribution is 2.31. The van der Waals surface area contributed by atoms with Crippen LogP contribution in [-0.2, 0) is 0 Å². The maximum Gasteiger partial charge on any atom is 0.354 e. The predicted molar refractivity (Wildman–Crippen MR) is 122 cm³/mol. The molecule has 2 N–H and O–H groups in total. The number of carbonyl (C=O) groups excluding carboxylic acids is 1. The summed E-state index contributed by atoms with van der Waals surface area (Å²) in [5.74, 6) is -3.04. The Morgan fingerprint density at radius 2 is 1.91 bits per heavy atom. The van der Waals surface area contributed by atoms with Crippen molar-refractivity contribution in [2.45, 2.75) is 18.9 Å². The van der Waals surface area contributed by atoms with Crippen LogP contribution < -0.4 is 19.7 Å². The van der Waals surface area contributed by atoms with Crippen LogP contribution in [0.2, 0.25) is 0 Å². The lowest BCUT2D eigenvalue weighted by atomic mass is 10.1. The van der Waals surface area contributed by atoms with Crippen LogP contribution in [0.4, 0.5) is 20.2 Å². The van der Waals surface area contributed by atoms with Crippen molar-refractivity contribution in [3.8, 4) is 11.6 Å². The quantitative estimate of drug-likeness (QED) is 0.521. The fraction of sp³-hybridized carbons (Fsp3) is 0.250. The summed E-state index contributed by atoms with van der Waals surface area (Å²) in [6, 6.07) is 7.68. The van der Waals surface area contributed by atoms with Gasteiger partial charge in [0.2, 0.25) is 5.88 Å². The van der Waals surface area contributed by atoms with Crippen LogP contribution in [0.25, 0.3) is 0 Å². The molecule has 0 unspecified atom stereocenters. The van der Waals surface area contributed by atoms with E-state index in [9.17, 15) is 23.5 Å². The zero-order chi connectivity index (χ0) is 24.9. The van der Waals surface area contributed by atoms with Gasteiger partial charge in [-0.1, -0.05) is 0 Å². The number of carboxylic acid groups (broad SMARTS) is 1. The first-order valence-corrected chi connectivity index (χ1v) is 10.8. The standard InChI is InChI=1S/C24H22F2N4O5/c1-34-23-16(3-2-8-27-23)22(31)29-19-13-28-18(24(32)33)12-20(19)30-9-6-15(7-10-30)35-21-5-4-14(25)11-17(21)26/h2-5,8,11-13,15H,6-7,9-10H2,1H3,(H,29,31)(H,32,33). The van der Waals surface area contributed by atoms with E-state index in [0.717, 1.165) is 12.1 Å². The summed E-state index contributed by atoms with van der Waals surface area (Å²) in [4.78, 5) is 34.2. The van der Waals surface area contributed by atoms with E-state index in [1.807, 2.05) is 4.90 Å². The van der Waals surface area contributed by atoms with Gasteiger partial charge < -0.3 is 24.8 Å². The summed E-state index contributed by atoms with van der Waals surface area (Å²) in [7, 11) is 1.40. The number of carbonyl (C=O) groups is 2. The van der Waals surface area contributed by atoms with Crippen LogP contribution in [0.15, 0.2) is 48.8 Å². The zero-order valence-corrected chi connectivity index (χ0v) is 18.7. The number of halogens is 2. The number of methoxy groups -OCH3 is 1. The SMILES string of the molecule is COc1ncccc1C(=O)Nc1cnc(C(=O)O)cc1N1CCC(Oc2ccc(F)cc2F)CC1. The fourth-order valence-corrected chi connectivity index (χ4v) is 3.80. The summed E-state index contributed by atoms with van der Waals surface area (Å²) in [6.45, 7) is 0.880. The molecule has 1 aliphatic heterocycles. The van der Waals surface area contributed by atoms with E-state index in [0.29, 0.717) is 37.3 Å². The Balaban J connectivity index is 1.52. The average molecular weight is 484 g/mol. The number of nitrogens with zero attached hydrogens (tertiary/aromatic N) is 3. The number of piperidine rings is 1. The highest BCUT2D eigenvalue weighted by atomic mass is 19.1. The van der Waals surface area contributed by atoms with Crippen molar-refractivity contribution in [2.24, 2.45) is 0 Å². The second-order valence-corrected chi connectivity index (χ2v) is 7.79. The second-order valence-electron chi connectivity index (χ2n) is 7.79. The van der Waals surface area contributed by atoms with Crippen molar-refractivity contribution in [2.75, 3.05) is 30.4 Å². The Kier molecular flexibility index (Phi) is 7.04. The third-order valence-electron chi connectivity index (χ3n) is 5.53. The Hall–Kier alpha value is -4.28. The van der Waals surface area contributed by atoms with Crippen LogP contribution in [0.3, 0.4) is 0 Å². The van der Waals surface area contributed by atoms with Gasteiger partial charge in [-0.3, -0.25) is 4.79 Å². The monoisotopic (exact) mass is 484 g/mol. The van der Waals surface area contributed by atoms with Gasteiger partial charge in [0.1, 0.15) is 23.2 Å². The molecular weight excluding hydrogens is 462 g/mol. The molecular formula is C24H22F2N4O5. The number of hydrogen-bond acceptors (Lipinski definition) is 7. The van der Waals surface area contributed by atoms with Crippen molar-refractivity contribution in [1.82, 2.24) is 9.97 Å². The minimum atomic E-state index is -1.21. The van der Waals surface area contributed by atoms with E-state index in [4.69, 9.17) is 9.47 Å². The minimum Gasteiger partial charge on any atom is -0.487 e. The van der Waals surface area contributed by atoms with E-state index < -0.39 is 23.5 Å². The molecule has 0 saturated carbocycles. The number of amides is 1. The van der Waals surface area contributed by atoms with Crippen molar-refractivity contribution >= 4 is 23.3 Å². The Morgan fingerprint density at radius 1 is 1.14 bits per heavy atom. The molecule has 1 amide bonds. The predicted octanol–water partition coefficient (Wildman–Crippen LogP) is 3.76. The zero-order valence-electron chi connectivity index (χ0n) is 18.7. The molecule has 0 aliphatic carbocycles. The highest BCUT2D eigenvalue weighted by Gasteiger charge is 2.25. The second kappa shape index (κ2) is 10.3. The molecule has 3 aromatic rings. The number of hydrogen-bond donors (Lipinski definition) is 2. The number of benzene rings is 1. The summed E-state index contributed by atoms with van der Waals surface area (Å²) in [5, 5.41) is 12.2. The molecule has 2 aromatic heterocycles. The van der Waals surface area contributed by atoms with Gasteiger partial charge in [0.15, 0.2) is 11.6 Å². The number of nitrogens with one attached hydrogen (secondary N) is 1. The van der Waals surface area contributed by atoms with Gasteiger partial charge in [-0.05, 0) is 30.3 Å². The minimum absolute atomic E-state index is 0.0275. The molecule has 1 fully saturated rings. The highest BCUT2D eigenvalue weighted by molar-refractivity contribution is 6.07. The van der Waals surface area contributed by atoms with E-state index in [2.05, 4.69) is 15.3 Å². The van der Waals surface area contributed by atoms with Gasteiger partial charge in [-0.15, -0.1) is 0 Å². The lowest BCUT2D eigenvalue weighted by Gasteiger charge is -2.34. The van der Waals surface area contributed by atoms with Crippen LogP contribution in [0, 0.1) is 11.6 Å². The Labute approximate surface area is 199 Å². The number of pyridine rings is 2. The maximum absolute atomic E-state index is 13.9. The van der Waals surface area contributed by atoms with Crippen molar-refractivity contribution < 1.29 is 33.0 Å². The van der Waals surface area contributed by atoms with Gasteiger partial charge in [0.25, 0.3) is 5.91 Å². The van der Waals surface area contributed by atoms with Crippen LogP contribution >= 0.6 is 0 Å². The molecule has 182 valence electrons. The van der Waals surface area contributed by atoms with E-state index in [1.165, 1.54) is 31.6 Å². The molecule has 35 heavy (non-hydrogen) atoms. The first-order valence-electron chi connectivity index (χ1n) is 10.8. The number of rotatable bonds is 7. The number of ether oxygens (including phenoxy) is 2. The average Bonchev–Trinajstić information content (AvgIpc) is 2.86. The van der Waals surface area contributed by atoms with Gasteiger partial charge in [-0.25, -0.2) is 23.5 Å². The van der Waals surface area contributed by atoms with Crippen LogP contribution in [0.5, 0.6) is 11.6 Å². The summed E-state index contributed by atoms with van der Waals surface area (Å²) in [6.07, 6.45) is 3.45. The lowest BCUT2D eigenvalue weighted by molar-refractivity contribution is 0.0690. The van der Waals surface area contributed by atoms with Crippen LogP contribution in [-0.4, -0.2) is 53.3 Å². The Bertz CT molecular complexity index is 1250. The lowest BCUT2D eigenvalue weighted by Crippen LogP contribution is -2.39. The first kappa shape index (κ1) is 23.9. The smallest absolute Gasteiger partial charge is 0.354 e. The summed E-state index contributed by atoms with van der Waals surface area (Å²) < 4.78 is 37.9. The molecule has 3 heterocycles. The van der Waals surface area contributed by atoms with E-state index in [1.54, 1.807) is 12.1 Å². The van der Waals surface area contributed by atoms with Crippen molar-refractivity contribution in [3.05, 3.63) is 71.7 Å². The molecule has 0 radical (unpaired) electrons. The van der Waals surface area contributed by atoms with Crippen LogP contribution in [0.1, 0.15) is 33.7 Å². The molecule has 11 heteroatoms. The number of anilines is 2. The topological polar surface area (TPSA) is 114 Å². The van der Waals surface area contributed by atoms with Crippen molar-refractivity contribution in [3.63, 3.8) is 0 Å². The molecule has 0 atom stereocenters. The van der Waals surface area contributed by atoms with E-state index >= 15 is 0 Å². The molecule has 1 saturated heterocycles. The molecule has 0 spiro atoms. The third-order valence-corrected chi connectivity index (χ3v) is 5.53. The van der Waals surface area contributed by atoms with Gasteiger partial charge in [0.05, 0.1) is 24.7 Å². The normalized spacial score (nSPS) is 13.9. The van der Waals surface area contributed by atoms with Gasteiger partial charge >= 0.3 is 5.97 Å². The largest absolute Gasteiger partial charge is 0.487 e. The van der Waals surface area contributed by atoms with Gasteiger partial charge in [-0.2, -0.15) is 0 Å². The molecule has 4 rings (SSSR count). The Morgan fingerprint density at radius 3 is 2.60 bits per heavy atom. The molecule has 1 aromatic carbocycles. The van der Waals surface area contributed by atoms with Crippen molar-refractivity contribution in [1.29, 1.82) is 0 Å². The number of aromatic nitrogens is 2. The third kappa shape index (κ3) is 5.45. The fourth-order valence-electron chi connectivity index (χ4n) is 3.80. The molecule has 9 nitrogen and oxygen atoms in total. The maximum atomic E-state index is 13.9. The number of aromatic carboxylic acids is 1. The summed E-state index contributed by atoms with van der Waals surface area (Å²) >= 11 is 0. The molecule has 0 bridgehead atoms. The summed E-state index contributed by atoms with van der Waals surface area (Å²) in [5.41, 5.74) is 0.815. The molecule has 1 aliphatic rings. The number of carboxylic acids is 1. The first-order chi connectivity index (χ1) is 16.9. The van der Waals surface area contributed by atoms with Gasteiger partial charge in [0, 0.05) is 38.2 Å². The van der Waals surface area contributed by atoms with E-state index in [-0.39, 0.29) is 29.0 Å².